The van der Waals surface area contributed by atoms with Crippen molar-refractivity contribution in [2.24, 2.45) is 28.9 Å². The first-order valence-electron chi connectivity index (χ1n) is 9.21. The van der Waals surface area contributed by atoms with Gasteiger partial charge in [-0.05, 0) is 82.0 Å². The van der Waals surface area contributed by atoms with Crippen LogP contribution in [-0.4, -0.2) is 28.9 Å². The highest BCUT2D eigenvalue weighted by Crippen LogP contribution is 2.61. The zero-order valence-electron chi connectivity index (χ0n) is 13.0. The molecule has 2 aliphatic heterocycles. The van der Waals surface area contributed by atoms with Crippen LogP contribution in [-0.2, 0) is 4.79 Å². The van der Waals surface area contributed by atoms with Crippen molar-refractivity contribution in [2.45, 2.75) is 82.3 Å². The highest BCUT2D eigenvalue weighted by molar-refractivity contribution is 5.84. The monoisotopic (exact) mass is 288 g/mol. The summed E-state index contributed by atoms with van der Waals surface area (Å²) in [7, 11) is 0. The van der Waals surface area contributed by atoms with Crippen molar-refractivity contribution < 1.29 is 4.79 Å². The Hall–Kier alpha value is -0.570. The lowest BCUT2D eigenvalue weighted by Crippen LogP contribution is -2.59. The Morgan fingerprint density at radius 1 is 0.857 bits per heavy atom. The van der Waals surface area contributed by atoms with E-state index in [9.17, 15) is 4.79 Å². The van der Waals surface area contributed by atoms with Crippen LogP contribution in [0.25, 0.3) is 0 Å². The second-order valence-electron chi connectivity index (χ2n) is 9.03. The van der Waals surface area contributed by atoms with Gasteiger partial charge >= 0.3 is 0 Å². The van der Waals surface area contributed by atoms with Crippen molar-refractivity contribution >= 4 is 5.91 Å². The van der Waals surface area contributed by atoms with E-state index < -0.39 is 0 Å². The molecule has 0 aromatic carbocycles. The van der Waals surface area contributed by atoms with Crippen LogP contribution in [0.2, 0.25) is 0 Å². The minimum Gasteiger partial charge on any atom is -0.336 e. The smallest absolute Gasteiger partial charge is 0.229 e. The molecular formula is C18H28N2O. The molecule has 6 fully saturated rings. The standard InChI is InChI=1S/C18H28N2O/c19-14-6-15-1-2-16(7-14)20(15)17(21)18-8-11-3-12(9-18)5-13(4-11)10-18/h11-16H,1-10,19H2. The molecule has 6 rings (SSSR count). The fourth-order valence-electron chi connectivity index (χ4n) is 7.20. The Kier molecular flexibility index (Phi) is 2.61. The lowest BCUT2D eigenvalue weighted by Gasteiger charge is -2.57. The summed E-state index contributed by atoms with van der Waals surface area (Å²) in [6.07, 6.45) is 12.4. The van der Waals surface area contributed by atoms with Crippen LogP contribution in [0.15, 0.2) is 0 Å². The summed E-state index contributed by atoms with van der Waals surface area (Å²) in [5.74, 6) is 3.15. The predicted octanol–water partition coefficient (Wildman–Crippen LogP) is 2.68. The van der Waals surface area contributed by atoms with E-state index in [1.807, 2.05) is 0 Å². The summed E-state index contributed by atoms with van der Waals surface area (Å²) in [6.45, 7) is 0. The molecule has 3 nitrogen and oxygen atoms in total. The number of piperidine rings is 1. The molecule has 6 bridgehead atoms. The average molecular weight is 288 g/mol. The first-order valence-corrected chi connectivity index (χ1v) is 9.21. The van der Waals surface area contributed by atoms with Crippen LogP contribution in [0, 0.1) is 23.2 Å². The molecule has 2 saturated heterocycles. The van der Waals surface area contributed by atoms with Gasteiger partial charge in [-0.25, -0.2) is 0 Å². The van der Waals surface area contributed by atoms with E-state index in [0.717, 1.165) is 30.6 Å². The molecule has 0 radical (unpaired) electrons. The Morgan fingerprint density at radius 2 is 1.33 bits per heavy atom. The number of carbonyl (C=O) groups is 1. The van der Waals surface area contributed by atoms with Crippen LogP contribution >= 0.6 is 0 Å². The minimum absolute atomic E-state index is 0.0526. The van der Waals surface area contributed by atoms with E-state index in [0.29, 0.717) is 24.0 Å². The third-order valence-electron chi connectivity index (χ3n) is 7.50. The van der Waals surface area contributed by atoms with Gasteiger partial charge in [0.25, 0.3) is 0 Å². The Bertz CT molecular complexity index is 425. The maximum Gasteiger partial charge on any atom is 0.229 e. The lowest BCUT2D eigenvalue weighted by atomic mass is 9.49. The predicted molar refractivity (Wildman–Crippen MR) is 81.5 cm³/mol. The molecule has 0 aromatic rings. The quantitative estimate of drug-likeness (QED) is 0.806. The summed E-state index contributed by atoms with van der Waals surface area (Å²) in [5.41, 5.74) is 6.24. The van der Waals surface area contributed by atoms with Crippen molar-refractivity contribution in [3.63, 3.8) is 0 Å². The third-order valence-corrected chi connectivity index (χ3v) is 7.50. The summed E-state index contributed by atoms with van der Waals surface area (Å²) < 4.78 is 0. The molecule has 116 valence electrons. The van der Waals surface area contributed by atoms with Gasteiger partial charge in [0.05, 0.1) is 5.41 Å². The second-order valence-corrected chi connectivity index (χ2v) is 9.03. The Balaban J connectivity index is 1.44. The highest BCUT2D eigenvalue weighted by atomic mass is 16.2. The van der Waals surface area contributed by atoms with Crippen molar-refractivity contribution in [3.05, 3.63) is 0 Å². The van der Waals surface area contributed by atoms with Crippen molar-refractivity contribution in [2.75, 3.05) is 0 Å². The van der Waals surface area contributed by atoms with Gasteiger partial charge < -0.3 is 10.6 Å². The van der Waals surface area contributed by atoms with Gasteiger partial charge in [-0.1, -0.05) is 0 Å². The molecule has 2 atom stereocenters. The number of rotatable bonds is 1. The Labute approximate surface area is 127 Å². The Morgan fingerprint density at radius 3 is 1.81 bits per heavy atom. The van der Waals surface area contributed by atoms with Crippen LogP contribution in [0.5, 0.6) is 0 Å². The summed E-state index contributed by atoms with van der Waals surface area (Å²) in [4.78, 5) is 15.8. The summed E-state index contributed by atoms with van der Waals surface area (Å²) in [5, 5.41) is 0. The number of amides is 1. The topological polar surface area (TPSA) is 46.3 Å². The van der Waals surface area contributed by atoms with E-state index >= 15 is 0 Å². The molecule has 4 aliphatic carbocycles. The molecule has 21 heavy (non-hydrogen) atoms. The zero-order chi connectivity index (χ0) is 14.2. The SMILES string of the molecule is NC1CC2CCC(C1)N2C(=O)C12CC3CC(CC(C3)C1)C2. The van der Waals surface area contributed by atoms with E-state index in [1.165, 1.54) is 51.4 Å². The fourth-order valence-corrected chi connectivity index (χ4v) is 7.20. The number of carbonyl (C=O) groups excluding carboxylic acids is 1. The molecule has 4 saturated carbocycles. The first-order chi connectivity index (χ1) is 10.1. The molecule has 2 unspecified atom stereocenters. The minimum atomic E-state index is 0.0526. The van der Waals surface area contributed by atoms with E-state index in [4.69, 9.17) is 5.73 Å². The van der Waals surface area contributed by atoms with Gasteiger partial charge in [0.1, 0.15) is 0 Å². The van der Waals surface area contributed by atoms with Gasteiger partial charge in [0.15, 0.2) is 0 Å². The molecule has 3 heteroatoms. The molecule has 1 amide bonds. The summed E-state index contributed by atoms with van der Waals surface area (Å²) in [6, 6.07) is 1.28. The molecule has 6 aliphatic rings. The van der Waals surface area contributed by atoms with Crippen LogP contribution in [0.1, 0.15) is 64.2 Å². The van der Waals surface area contributed by atoms with E-state index in [-0.39, 0.29) is 5.41 Å². The third kappa shape index (κ3) is 1.79. The normalized spacial score (nSPS) is 54.2. The number of nitrogens with two attached hydrogens (primary N) is 1. The fraction of sp³-hybridized carbons (Fsp3) is 0.944. The number of fused-ring (bicyclic) bond motifs is 2. The van der Waals surface area contributed by atoms with Crippen LogP contribution in [0.3, 0.4) is 0 Å². The molecular weight excluding hydrogens is 260 g/mol. The maximum atomic E-state index is 13.5. The number of nitrogens with zero attached hydrogens (tertiary/aromatic N) is 1. The van der Waals surface area contributed by atoms with Gasteiger partial charge in [-0.15, -0.1) is 0 Å². The number of hydrogen-bond acceptors (Lipinski definition) is 2. The lowest BCUT2D eigenvalue weighted by molar-refractivity contribution is -0.162. The zero-order valence-corrected chi connectivity index (χ0v) is 13.0. The number of hydrogen-bond donors (Lipinski definition) is 1. The van der Waals surface area contributed by atoms with E-state index in [2.05, 4.69) is 4.90 Å². The summed E-state index contributed by atoms with van der Waals surface area (Å²) >= 11 is 0. The van der Waals surface area contributed by atoms with Gasteiger partial charge in [-0.3, -0.25) is 4.79 Å². The first kappa shape index (κ1) is 12.9. The van der Waals surface area contributed by atoms with Gasteiger partial charge in [-0.2, -0.15) is 0 Å². The van der Waals surface area contributed by atoms with Crippen molar-refractivity contribution in [3.8, 4) is 0 Å². The van der Waals surface area contributed by atoms with Crippen LogP contribution < -0.4 is 5.73 Å². The average Bonchev–Trinajstić information content (AvgIpc) is 2.68. The van der Waals surface area contributed by atoms with Gasteiger partial charge in [0, 0.05) is 18.1 Å². The van der Waals surface area contributed by atoms with E-state index in [1.54, 1.807) is 0 Å². The largest absolute Gasteiger partial charge is 0.336 e. The molecule has 0 aromatic heterocycles. The second kappa shape index (κ2) is 4.24. The highest BCUT2D eigenvalue weighted by Gasteiger charge is 2.57. The van der Waals surface area contributed by atoms with Gasteiger partial charge in [0.2, 0.25) is 5.91 Å². The molecule has 2 N–H and O–H groups in total. The van der Waals surface area contributed by atoms with Crippen molar-refractivity contribution in [1.29, 1.82) is 0 Å². The maximum absolute atomic E-state index is 13.5. The van der Waals surface area contributed by atoms with Crippen LogP contribution in [0.4, 0.5) is 0 Å². The van der Waals surface area contributed by atoms with Crippen molar-refractivity contribution in [1.82, 2.24) is 4.90 Å². The molecule has 0 spiro atoms. The molecule has 2 heterocycles.